The molecule has 0 aromatic carbocycles. The first-order chi connectivity index (χ1) is 18.2. The van der Waals surface area contributed by atoms with Crippen molar-refractivity contribution in [1.29, 1.82) is 0 Å². The molecule has 1 aliphatic heterocycles. The number of nitrogens with zero attached hydrogens (tertiary/aromatic N) is 7. The molecule has 0 amide bonds. The molecule has 0 aliphatic carbocycles. The van der Waals surface area contributed by atoms with Crippen molar-refractivity contribution in [3.8, 4) is 17.4 Å². The maximum absolute atomic E-state index is 13.8. The molecule has 0 spiro atoms. The van der Waals surface area contributed by atoms with Gasteiger partial charge in [-0.25, -0.2) is 18.4 Å². The average Bonchev–Trinajstić information content (AvgIpc) is 3.56. The van der Waals surface area contributed by atoms with Crippen LogP contribution >= 0.6 is 11.6 Å². The number of sulfone groups is 1. The van der Waals surface area contributed by atoms with Gasteiger partial charge in [0.25, 0.3) is 0 Å². The molecular weight excluding hydrogens is 538 g/mol. The van der Waals surface area contributed by atoms with E-state index in [1.165, 1.54) is 32.9 Å². The van der Waals surface area contributed by atoms with Gasteiger partial charge in [-0.15, -0.1) is 10.2 Å². The average molecular weight is 568 g/mol. The fraction of sp³-hybridized carbons (Fsp3) is 0.565. The van der Waals surface area contributed by atoms with Gasteiger partial charge in [0.05, 0.1) is 37.2 Å². The summed E-state index contributed by atoms with van der Waals surface area (Å²) in [6.07, 6.45) is 3.56. The van der Waals surface area contributed by atoms with E-state index in [4.69, 9.17) is 30.5 Å². The zero-order chi connectivity index (χ0) is 27.4. The van der Waals surface area contributed by atoms with Crippen molar-refractivity contribution in [3.05, 3.63) is 41.2 Å². The van der Waals surface area contributed by atoms with Gasteiger partial charge in [0.1, 0.15) is 24.0 Å². The summed E-state index contributed by atoms with van der Waals surface area (Å²) in [5.74, 6) is 0.628. The molecule has 3 aromatic heterocycles. The van der Waals surface area contributed by atoms with Crippen molar-refractivity contribution in [2.45, 2.75) is 56.3 Å². The fourth-order valence-corrected chi connectivity index (χ4v) is 5.62. The Labute approximate surface area is 225 Å². The third-order valence-corrected chi connectivity index (χ3v) is 8.29. The smallest absolute Gasteiger partial charge is 0.245 e. The molecule has 13 nitrogen and oxygen atoms in total. The molecule has 3 atom stereocenters. The zero-order valence-corrected chi connectivity index (χ0v) is 23.3. The largest absolute Gasteiger partial charge is 0.479 e. The van der Waals surface area contributed by atoms with Gasteiger partial charge in [0.2, 0.25) is 11.8 Å². The number of methoxy groups -OCH3 is 2. The van der Waals surface area contributed by atoms with Gasteiger partial charge in [-0.2, -0.15) is 9.97 Å². The molecule has 206 valence electrons. The predicted octanol–water partition coefficient (Wildman–Crippen LogP) is 2.49. The van der Waals surface area contributed by atoms with Crippen molar-refractivity contribution in [3.63, 3.8) is 0 Å². The van der Waals surface area contributed by atoms with E-state index < -0.39 is 26.9 Å². The summed E-state index contributed by atoms with van der Waals surface area (Å²) >= 11 is 5.94. The van der Waals surface area contributed by atoms with E-state index in [-0.39, 0.29) is 35.4 Å². The van der Waals surface area contributed by atoms with E-state index in [2.05, 4.69) is 30.1 Å². The first-order valence-electron chi connectivity index (χ1n) is 12.0. The van der Waals surface area contributed by atoms with Gasteiger partial charge in [0.15, 0.2) is 27.2 Å². The third kappa shape index (κ3) is 5.87. The molecule has 4 heterocycles. The maximum atomic E-state index is 13.8. The molecule has 0 radical (unpaired) electrons. The van der Waals surface area contributed by atoms with Crippen LogP contribution in [0.1, 0.15) is 56.7 Å². The minimum atomic E-state index is -3.91. The Morgan fingerprint density at radius 3 is 2.29 bits per heavy atom. The standard InChI is InChI=1S/C23H30ClN7O6S/c1-13(2)37-19(20-25-8-16(24)9-26-20)14(3)38(32,33)11-17-29-30-21(15-6-7-36-10-15)31(17)18-22(34-4)27-12-28-23(18)35-5/h8-9,12-15,19H,6-7,10-11H2,1-5H3/t14-,15+,19+/m0/s1. The molecule has 1 aliphatic rings. The van der Waals surface area contributed by atoms with E-state index in [9.17, 15) is 8.42 Å². The second-order valence-corrected chi connectivity index (χ2v) is 11.8. The Bertz CT molecular complexity index is 1320. The Morgan fingerprint density at radius 2 is 1.74 bits per heavy atom. The molecule has 4 rings (SSSR count). The molecular formula is C23H30ClN7O6S. The Morgan fingerprint density at radius 1 is 1.08 bits per heavy atom. The number of aromatic nitrogens is 7. The van der Waals surface area contributed by atoms with E-state index in [1.807, 2.05) is 13.8 Å². The van der Waals surface area contributed by atoms with Crippen molar-refractivity contribution >= 4 is 21.4 Å². The number of hydrogen-bond donors (Lipinski definition) is 0. The van der Waals surface area contributed by atoms with Crippen LogP contribution in [0.15, 0.2) is 18.7 Å². The third-order valence-electron chi connectivity index (χ3n) is 6.05. The molecule has 38 heavy (non-hydrogen) atoms. The summed E-state index contributed by atoms with van der Waals surface area (Å²) in [5, 5.41) is 7.94. The predicted molar refractivity (Wildman–Crippen MR) is 136 cm³/mol. The summed E-state index contributed by atoms with van der Waals surface area (Å²) in [7, 11) is -1.01. The Kier molecular flexibility index (Phi) is 8.75. The van der Waals surface area contributed by atoms with Gasteiger partial charge < -0.3 is 18.9 Å². The quantitative estimate of drug-likeness (QED) is 0.334. The Hall–Kier alpha value is -2.94. The van der Waals surface area contributed by atoms with E-state index >= 15 is 0 Å². The Balaban J connectivity index is 1.78. The number of halogens is 1. The van der Waals surface area contributed by atoms with E-state index in [0.717, 1.165) is 0 Å². The minimum absolute atomic E-state index is 0.120. The molecule has 15 heteroatoms. The van der Waals surface area contributed by atoms with Crippen LogP contribution in [0.4, 0.5) is 0 Å². The highest BCUT2D eigenvalue weighted by atomic mass is 35.5. The summed E-state index contributed by atoms with van der Waals surface area (Å²) in [5.41, 5.74) is 0.304. The normalized spacial score (nSPS) is 17.5. The lowest BCUT2D eigenvalue weighted by Crippen LogP contribution is -2.32. The van der Waals surface area contributed by atoms with Crippen LogP contribution in [0.25, 0.3) is 5.69 Å². The number of hydrogen-bond acceptors (Lipinski definition) is 12. The lowest BCUT2D eigenvalue weighted by atomic mass is 10.1. The van der Waals surface area contributed by atoms with Crippen LogP contribution in [0, 0.1) is 0 Å². The second-order valence-electron chi connectivity index (χ2n) is 8.99. The highest BCUT2D eigenvalue weighted by Crippen LogP contribution is 2.35. The van der Waals surface area contributed by atoms with Gasteiger partial charge in [-0.1, -0.05) is 11.6 Å². The van der Waals surface area contributed by atoms with Crippen molar-refractivity contribution in [2.24, 2.45) is 0 Å². The lowest BCUT2D eigenvalue weighted by molar-refractivity contribution is 0.00143. The van der Waals surface area contributed by atoms with Crippen molar-refractivity contribution < 1.29 is 27.4 Å². The van der Waals surface area contributed by atoms with Crippen LogP contribution < -0.4 is 9.47 Å². The highest BCUT2D eigenvalue weighted by molar-refractivity contribution is 7.91. The van der Waals surface area contributed by atoms with Crippen LogP contribution in [-0.2, 0) is 25.1 Å². The minimum Gasteiger partial charge on any atom is -0.479 e. The van der Waals surface area contributed by atoms with Gasteiger partial charge in [-0.3, -0.25) is 4.57 Å². The summed E-state index contributed by atoms with van der Waals surface area (Å²) in [6.45, 7) is 6.14. The van der Waals surface area contributed by atoms with Crippen LogP contribution in [-0.4, -0.2) is 81.9 Å². The second kappa shape index (κ2) is 11.8. The summed E-state index contributed by atoms with van der Waals surface area (Å²) in [6, 6.07) is 0. The molecule has 0 N–H and O–H groups in total. The number of rotatable bonds is 11. The highest BCUT2D eigenvalue weighted by Gasteiger charge is 2.37. The summed E-state index contributed by atoms with van der Waals surface area (Å²) in [4.78, 5) is 16.8. The first kappa shape index (κ1) is 28.1. The van der Waals surface area contributed by atoms with Crippen LogP contribution in [0.5, 0.6) is 11.8 Å². The molecule has 0 bridgehead atoms. The van der Waals surface area contributed by atoms with Gasteiger partial charge in [-0.05, 0) is 27.2 Å². The maximum Gasteiger partial charge on any atom is 0.245 e. The molecule has 0 saturated carbocycles. The lowest BCUT2D eigenvalue weighted by Gasteiger charge is -2.25. The molecule has 0 unspecified atom stereocenters. The molecule has 1 saturated heterocycles. The van der Waals surface area contributed by atoms with E-state index in [0.29, 0.717) is 36.2 Å². The SMILES string of the molecule is COc1ncnc(OC)c1-n1c(CS(=O)(=O)[C@@H](C)[C@@H](OC(C)C)c2ncc(Cl)cn2)nnc1[C@@H]1CCOC1. The molecule has 3 aromatic rings. The van der Waals surface area contributed by atoms with Crippen LogP contribution in [0.2, 0.25) is 5.02 Å². The first-order valence-corrected chi connectivity index (χ1v) is 14.0. The van der Waals surface area contributed by atoms with Gasteiger partial charge in [0, 0.05) is 24.9 Å². The number of ether oxygens (including phenoxy) is 4. The van der Waals surface area contributed by atoms with Gasteiger partial charge >= 0.3 is 0 Å². The fourth-order valence-electron chi connectivity index (χ4n) is 4.15. The van der Waals surface area contributed by atoms with Crippen LogP contribution in [0.3, 0.4) is 0 Å². The monoisotopic (exact) mass is 567 g/mol. The van der Waals surface area contributed by atoms with Crippen molar-refractivity contribution in [1.82, 2.24) is 34.7 Å². The summed E-state index contributed by atoms with van der Waals surface area (Å²) < 4.78 is 51.7. The van der Waals surface area contributed by atoms with Crippen molar-refractivity contribution in [2.75, 3.05) is 27.4 Å². The van der Waals surface area contributed by atoms with E-state index in [1.54, 1.807) is 11.5 Å². The molecule has 1 fully saturated rings. The zero-order valence-electron chi connectivity index (χ0n) is 21.7. The topological polar surface area (TPSA) is 153 Å².